The Morgan fingerprint density at radius 2 is 1.59 bits per heavy atom. The second-order valence-electron chi connectivity index (χ2n) is 7.99. The predicted molar refractivity (Wildman–Crippen MR) is 123 cm³/mol. The summed E-state index contributed by atoms with van der Waals surface area (Å²) in [6.07, 6.45) is 2.40. The number of nitrogens with one attached hydrogen (secondary N) is 1. The first kappa shape index (κ1) is 20.1. The Kier molecular flexibility index (Phi) is 5.46. The van der Waals surface area contributed by atoms with Crippen molar-refractivity contribution in [2.24, 2.45) is 0 Å². The number of fused-ring (bicyclic) bond motifs is 3. The molecule has 0 fully saturated rings. The number of nitrogens with zero attached hydrogens (tertiary/aromatic N) is 2. The smallest absolute Gasteiger partial charge is 0.229 e. The highest BCUT2D eigenvalue weighted by Crippen LogP contribution is 2.33. The summed E-state index contributed by atoms with van der Waals surface area (Å²) in [4.78, 5) is 22.6. The summed E-state index contributed by atoms with van der Waals surface area (Å²) in [6.45, 7) is 0. The summed E-state index contributed by atoms with van der Waals surface area (Å²) >= 11 is 0. The lowest BCUT2D eigenvalue weighted by Crippen LogP contribution is -2.20. The van der Waals surface area contributed by atoms with Crippen LogP contribution in [0.25, 0.3) is 11.3 Å². The second kappa shape index (κ2) is 8.71. The zero-order valence-electron chi connectivity index (χ0n) is 17.5. The fourth-order valence-corrected chi connectivity index (χ4v) is 4.09. The highest BCUT2D eigenvalue weighted by atomic mass is 19.1. The molecular weight excluding hydrogens is 401 g/mol. The van der Waals surface area contributed by atoms with E-state index in [1.54, 1.807) is 12.1 Å². The molecule has 0 unspecified atom stereocenters. The highest BCUT2D eigenvalue weighted by molar-refractivity contribution is 5.92. The van der Waals surface area contributed by atoms with Crippen LogP contribution in [0.5, 0.6) is 0 Å². The van der Waals surface area contributed by atoms with Gasteiger partial charge in [-0.25, -0.2) is 14.4 Å². The highest BCUT2D eigenvalue weighted by Gasteiger charge is 2.22. The molecule has 1 aromatic heterocycles. The topological polar surface area (TPSA) is 54.9 Å². The molecule has 3 aromatic carbocycles. The van der Waals surface area contributed by atoms with E-state index >= 15 is 0 Å². The SMILES string of the molecule is O=C(Cc1ccc(F)cc1)Nc1nc2c(nc1Cc1ccccc1)-c1ccccc1CC2. The summed E-state index contributed by atoms with van der Waals surface area (Å²) < 4.78 is 13.2. The lowest BCUT2D eigenvalue weighted by Gasteiger charge is -2.21. The summed E-state index contributed by atoms with van der Waals surface area (Å²) in [5, 5.41) is 2.96. The van der Waals surface area contributed by atoms with Gasteiger partial charge >= 0.3 is 0 Å². The van der Waals surface area contributed by atoms with Crippen molar-refractivity contribution in [2.75, 3.05) is 5.32 Å². The second-order valence-corrected chi connectivity index (χ2v) is 7.99. The average Bonchev–Trinajstić information content (AvgIpc) is 2.81. The van der Waals surface area contributed by atoms with Crippen LogP contribution in [0.3, 0.4) is 0 Å². The molecule has 32 heavy (non-hydrogen) atoms. The summed E-state index contributed by atoms with van der Waals surface area (Å²) in [6, 6.07) is 24.3. The van der Waals surface area contributed by atoms with Crippen LogP contribution < -0.4 is 5.32 Å². The molecule has 4 nitrogen and oxygen atoms in total. The number of carbonyl (C=O) groups is 1. The van der Waals surface area contributed by atoms with Gasteiger partial charge in [0.1, 0.15) is 5.82 Å². The van der Waals surface area contributed by atoms with Crippen molar-refractivity contribution in [1.82, 2.24) is 9.97 Å². The van der Waals surface area contributed by atoms with Gasteiger partial charge in [-0.05, 0) is 41.7 Å². The third-order valence-corrected chi connectivity index (χ3v) is 5.69. The van der Waals surface area contributed by atoms with Gasteiger partial charge in [0.25, 0.3) is 0 Å². The summed E-state index contributed by atoms with van der Waals surface area (Å²) in [5.41, 5.74) is 6.76. The number of hydrogen-bond donors (Lipinski definition) is 1. The van der Waals surface area contributed by atoms with Crippen LogP contribution in [0.4, 0.5) is 10.2 Å². The van der Waals surface area contributed by atoms with E-state index in [1.165, 1.54) is 17.7 Å². The fourth-order valence-electron chi connectivity index (χ4n) is 4.09. The van der Waals surface area contributed by atoms with Crippen molar-refractivity contribution in [3.05, 3.63) is 113 Å². The lowest BCUT2D eigenvalue weighted by molar-refractivity contribution is -0.115. The molecule has 1 amide bonds. The van der Waals surface area contributed by atoms with Crippen LogP contribution >= 0.6 is 0 Å². The van der Waals surface area contributed by atoms with E-state index in [1.807, 2.05) is 42.5 Å². The average molecular weight is 423 g/mol. The van der Waals surface area contributed by atoms with Crippen molar-refractivity contribution >= 4 is 11.7 Å². The van der Waals surface area contributed by atoms with Crippen LogP contribution in [-0.2, 0) is 30.5 Å². The van der Waals surface area contributed by atoms with Gasteiger partial charge in [-0.1, -0.05) is 66.7 Å². The van der Waals surface area contributed by atoms with Crippen molar-refractivity contribution in [3.8, 4) is 11.3 Å². The van der Waals surface area contributed by atoms with Gasteiger partial charge in [0.2, 0.25) is 5.91 Å². The molecule has 1 aliphatic carbocycles. The molecule has 0 atom stereocenters. The number of rotatable bonds is 5. The number of benzene rings is 3. The number of aryl methyl sites for hydroxylation is 2. The standard InChI is InChI=1S/C27H22FN3O/c28-21-13-10-19(11-14-21)17-25(32)31-27-24(16-18-6-2-1-3-7-18)29-26-22-9-5-4-8-20(22)12-15-23(26)30-27/h1-11,13-14H,12,15-17H2,(H,30,31,32). The largest absolute Gasteiger partial charge is 0.309 e. The number of halogens is 1. The Morgan fingerprint density at radius 3 is 2.41 bits per heavy atom. The Hall–Kier alpha value is -3.86. The lowest BCUT2D eigenvalue weighted by atomic mass is 9.91. The van der Waals surface area contributed by atoms with Gasteiger partial charge < -0.3 is 5.32 Å². The normalized spacial score (nSPS) is 12.0. The molecule has 5 rings (SSSR count). The minimum Gasteiger partial charge on any atom is -0.309 e. The van der Waals surface area contributed by atoms with Crippen molar-refractivity contribution in [1.29, 1.82) is 0 Å². The molecule has 0 spiro atoms. The zero-order chi connectivity index (χ0) is 21.9. The van der Waals surface area contributed by atoms with Crippen molar-refractivity contribution in [2.45, 2.75) is 25.7 Å². The van der Waals surface area contributed by atoms with E-state index in [0.717, 1.165) is 46.6 Å². The first-order valence-electron chi connectivity index (χ1n) is 10.7. The van der Waals surface area contributed by atoms with E-state index < -0.39 is 0 Å². The van der Waals surface area contributed by atoms with Gasteiger partial charge in [0, 0.05) is 12.0 Å². The molecular formula is C27H22FN3O. The number of aromatic nitrogens is 2. The molecule has 4 aromatic rings. The summed E-state index contributed by atoms with van der Waals surface area (Å²) in [7, 11) is 0. The third-order valence-electron chi connectivity index (χ3n) is 5.69. The number of amides is 1. The molecule has 1 aliphatic rings. The van der Waals surface area contributed by atoms with E-state index in [4.69, 9.17) is 9.97 Å². The Labute approximate surface area is 186 Å². The Balaban J connectivity index is 1.49. The van der Waals surface area contributed by atoms with Crippen LogP contribution in [0.2, 0.25) is 0 Å². The molecule has 0 saturated carbocycles. The zero-order valence-corrected chi connectivity index (χ0v) is 17.5. The molecule has 5 heteroatoms. The molecule has 0 bridgehead atoms. The van der Waals surface area contributed by atoms with Crippen molar-refractivity contribution < 1.29 is 9.18 Å². The molecule has 1 N–H and O–H groups in total. The predicted octanol–water partition coefficient (Wildman–Crippen LogP) is 5.15. The number of anilines is 1. The maximum absolute atomic E-state index is 13.2. The van der Waals surface area contributed by atoms with Gasteiger partial charge in [0.15, 0.2) is 5.82 Å². The van der Waals surface area contributed by atoms with Crippen LogP contribution in [0.15, 0.2) is 78.9 Å². The minimum absolute atomic E-state index is 0.145. The maximum atomic E-state index is 13.2. The van der Waals surface area contributed by atoms with Crippen LogP contribution in [-0.4, -0.2) is 15.9 Å². The summed E-state index contributed by atoms with van der Waals surface area (Å²) in [5.74, 6) is -0.0179. The van der Waals surface area contributed by atoms with E-state index in [-0.39, 0.29) is 18.1 Å². The maximum Gasteiger partial charge on any atom is 0.229 e. The number of carbonyl (C=O) groups excluding carboxylic acids is 1. The first-order chi connectivity index (χ1) is 15.7. The van der Waals surface area contributed by atoms with Crippen LogP contribution in [0, 0.1) is 5.82 Å². The third kappa shape index (κ3) is 4.28. The van der Waals surface area contributed by atoms with Crippen molar-refractivity contribution in [3.63, 3.8) is 0 Å². The molecule has 0 radical (unpaired) electrons. The van der Waals surface area contributed by atoms with Gasteiger partial charge in [-0.2, -0.15) is 0 Å². The van der Waals surface area contributed by atoms with Crippen LogP contribution in [0.1, 0.15) is 28.1 Å². The fraction of sp³-hybridized carbons (Fsp3) is 0.148. The molecule has 0 saturated heterocycles. The minimum atomic E-state index is -0.319. The molecule has 0 aliphatic heterocycles. The van der Waals surface area contributed by atoms with E-state index in [9.17, 15) is 9.18 Å². The van der Waals surface area contributed by atoms with Gasteiger partial charge in [-0.15, -0.1) is 0 Å². The first-order valence-corrected chi connectivity index (χ1v) is 10.7. The van der Waals surface area contributed by atoms with E-state index in [2.05, 4.69) is 17.4 Å². The molecule has 1 heterocycles. The Bertz CT molecular complexity index is 1270. The van der Waals surface area contributed by atoms with Gasteiger partial charge in [0.05, 0.1) is 23.5 Å². The number of hydrogen-bond acceptors (Lipinski definition) is 3. The molecule has 158 valence electrons. The Morgan fingerprint density at radius 1 is 0.844 bits per heavy atom. The quantitative estimate of drug-likeness (QED) is 0.483. The monoisotopic (exact) mass is 423 g/mol. The van der Waals surface area contributed by atoms with Gasteiger partial charge in [-0.3, -0.25) is 4.79 Å². The van der Waals surface area contributed by atoms with E-state index in [0.29, 0.717) is 12.2 Å².